The minimum atomic E-state index is -0.639. The number of guanidine groups is 1. The van der Waals surface area contributed by atoms with Crippen LogP contribution in [0.3, 0.4) is 0 Å². The zero-order valence-electron chi connectivity index (χ0n) is 17.4. The van der Waals surface area contributed by atoms with E-state index < -0.39 is 6.04 Å². The van der Waals surface area contributed by atoms with E-state index >= 15 is 0 Å². The molecule has 2 fully saturated rings. The van der Waals surface area contributed by atoms with Crippen molar-refractivity contribution in [3.05, 3.63) is 30.5 Å². The molecule has 2 saturated heterocycles. The third kappa shape index (κ3) is 4.79. The number of carbonyl (C=O) groups excluding carboxylic acids is 2. The number of amides is 2. The second kappa shape index (κ2) is 9.51. The minimum absolute atomic E-state index is 0.00222. The van der Waals surface area contributed by atoms with E-state index in [1.165, 1.54) is 0 Å². The van der Waals surface area contributed by atoms with E-state index in [0.717, 1.165) is 55.4 Å². The number of fused-ring (bicyclic) bond motifs is 1. The normalized spacial score (nSPS) is 19.9. The summed E-state index contributed by atoms with van der Waals surface area (Å²) in [4.78, 5) is 36.9. The molecule has 2 amide bonds. The van der Waals surface area contributed by atoms with Crippen molar-refractivity contribution < 1.29 is 9.59 Å². The molecule has 1 aromatic carbocycles. The second-order valence-electron chi connectivity index (χ2n) is 7.95. The molecule has 1 atom stereocenters. The number of aliphatic imine (C=N–C) groups is 1. The van der Waals surface area contributed by atoms with E-state index in [9.17, 15) is 14.9 Å². The first-order valence-corrected chi connectivity index (χ1v) is 10.8. The summed E-state index contributed by atoms with van der Waals surface area (Å²) < 4.78 is 0. The standard InChI is InChI=1S/C22H27N7O2/c23-15-25-22(26-17-8-5-6-16-9-10-24-20(16)17)27-18-7-1-2-13-29(21(18)31)14-19(30)28-11-3-4-12-28/h5-6,8-10,18,24H,1-4,7,11-14H2,(H2,25,26,27). The predicted molar refractivity (Wildman–Crippen MR) is 118 cm³/mol. The van der Waals surface area contributed by atoms with Gasteiger partial charge in [0.1, 0.15) is 6.04 Å². The molecule has 0 radical (unpaired) electrons. The van der Waals surface area contributed by atoms with E-state index in [1.54, 1.807) is 4.90 Å². The topological polar surface area (TPSA) is 117 Å². The number of para-hydroxylation sites is 1. The van der Waals surface area contributed by atoms with Crippen molar-refractivity contribution in [1.82, 2.24) is 20.1 Å². The van der Waals surface area contributed by atoms with Crippen molar-refractivity contribution >= 4 is 34.4 Å². The van der Waals surface area contributed by atoms with Crippen LogP contribution in [0.15, 0.2) is 35.5 Å². The molecular formula is C22H27N7O2. The molecule has 2 aliphatic heterocycles. The van der Waals surface area contributed by atoms with Gasteiger partial charge in [-0.15, -0.1) is 0 Å². The average Bonchev–Trinajstić information content (AvgIpc) is 3.44. The minimum Gasteiger partial charge on any atom is -0.359 e. The summed E-state index contributed by atoms with van der Waals surface area (Å²) in [5.41, 5.74) is 1.64. The quantitative estimate of drug-likeness (QED) is 0.302. The Balaban J connectivity index is 1.51. The first-order chi connectivity index (χ1) is 15.2. The number of benzene rings is 1. The molecule has 0 spiro atoms. The maximum atomic E-state index is 13.2. The number of H-pyrrole nitrogens is 1. The van der Waals surface area contributed by atoms with Crippen LogP contribution in [-0.4, -0.2) is 64.8 Å². The molecule has 4 rings (SSSR count). The van der Waals surface area contributed by atoms with Crippen molar-refractivity contribution in [1.29, 1.82) is 5.26 Å². The lowest BCUT2D eigenvalue weighted by Crippen LogP contribution is -2.45. The first-order valence-electron chi connectivity index (χ1n) is 10.8. The highest BCUT2D eigenvalue weighted by molar-refractivity contribution is 6.03. The number of anilines is 1. The fourth-order valence-corrected chi connectivity index (χ4v) is 4.21. The summed E-state index contributed by atoms with van der Waals surface area (Å²) in [6.45, 7) is 2.20. The Morgan fingerprint density at radius 3 is 2.81 bits per heavy atom. The summed E-state index contributed by atoms with van der Waals surface area (Å²) in [7, 11) is 0. The summed E-state index contributed by atoms with van der Waals surface area (Å²) in [5.74, 6) is 0.0558. The predicted octanol–water partition coefficient (Wildman–Crippen LogP) is 2.01. The van der Waals surface area contributed by atoms with Gasteiger partial charge in [-0.3, -0.25) is 14.9 Å². The van der Waals surface area contributed by atoms with E-state index in [2.05, 4.69) is 20.6 Å². The van der Waals surface area contributed by atoms with Crippen LogP contribution in [0.4, 0.5) is 5.69 Å². The molecule has 1 aromatic heterocycles. The van der Waals surface area contributed by atoms with Crippen LogP contribution in [-0.2, 0) is 9.59 Å². The highest BCUT2D eigenvalue weighted by atomic mass is 16.2. The van der Waals surface area contributed by atoms with Gasteiger partial charge < -0.3 is 20.1 Å². The number of hydrogen-bond donors (Lipinski definition) is 3. The number of rotatable bonds is 4. The lowest BCUT2D eigenvalue weighted by Gasteiger charge is -2.25. The number of nitrogens with one attached hydrogen (secondary N) is 3. The second-order valence-corrected chi connectivity index (χ2v) is 7.95. The third-order valence-corrected chi connectivity index (χ3v) is 5.84. The van der Waals surface area contributed by atoms with Gasteiger partial charge in [0.15, 0.2) is 6.19 Å². The van der Waals surface area contributed by atoms with Crippen molar-refractivity contribution in [2.75, 3.05) is 31.5 Å². The molecule has 9 nitrogen and oxygen atoms in total. The van der Waals surface area contributed by atoms with Crippen LogP contribution in [0.1, 0.15) is 32.1 Å². The Hall–Kier alpha value is -3.54. The number of carbonyl (C=O) groups is 2. The molecule has 3 N–H and O–H groups in total. The molecule has 1 unspecified atom stereocenters. The highest BCUT2D eigenvalue weighted by Crippen LogP contribution is 2.22. The fourth-order valence-electron chi connectivity index (χ4n) is 4.21. The molecule has 162 valence electrons. The van der Waals surface area contributed by atoms with Gasteiger partial charge in [-0.2, -0.15) is 5.26 Å². The van der Waals surface area contributed by atoms with Gasteiger partial charge in [0.25, 0.3) is 0 Å². The third-order valence-electron chi connectivity index (χ3n) is 5.84. The van der Waals surface area contributed by atoms with E-state index in [-0.39, 0.29) is 24.3 Å². The van der Waals surface area contributed by atoms with Crippen molar-refractivity contribution in [3.63, 3.8) is 0 Å². The number of aromatic amines is 1. The number of hydrogen-bond acceptors (Lipinski definition) is 4. The average molecular weight is 422 g/mol. The molecule has 31 heavy (non-hydrogen) atoms. The van der Waals surface area contributed by atoms with Crippen LogP contribution in [0.5, 0.6) is 0 Å². The first kappa shape index (κ1) is 20.7. The molecule has 0 bridgehead atoms. The zero-order valence-corrected chi connectivity index (χ0v) is 17.4. The van der Waals surface area contributed by atoms with Gasteiger partial charge in [-0.25, -0.2) is 4.99 Å². The summed E-state index contributed by atoms with van der Waals surface area (Å²) >= 11 is 0. The molecule has 0 aliphatic carbocycles. The van der Waals surface area contributed by atoms with Gasteiger partial charge in [-0.1, -0.05) is 12.1 Å². The Kier molecular flexibility index (Phi) is 6.36. The molecule has 2 aliphatic rings. The van der Waals surface area contributed by atoms with Crippen molar-refractivity contribution in [2.24, 2.45) is 4.99 Å². The van der Waals surface area contributed by atoms with Gasteiger partial charge in [-0.05, 0) is 44.2 Å². The van der Waals surface area contributed by atoms with Crippen molar-refractivity contribution in [2.45, 2.75) is 38.1 Å². The highest BCUT2D eigenvalue weighted by Gasteiger charge is 2.30. The zero-order chi connectivity index (χ0) is 21.6. The smallest absolute Gasteiger partial charge is 0.247 e. The van der Waals surface area contributed by atoms with Crippen LogP contribution < -0.4 is 10.6 Å². The Labute approximate surface area is 181 Å². The molecule has 2 aromatic rings. The van der Waals surface area contributed by atoms with Gasteiger partial charge in [0, 0.05) is 31.2 Å². The van der Waals surface area contributed by atoms with E-state index in [4.69, 9.17) is 0 Å². The number of aromatic nitrogens is 1. The monoisotopic (exact) mass is 421 g/mol. The van der Waals surface area contributed by atoms with E-state index in [1.807, 2.05) is 41.6 Å². The Bertz CT molecular complexity index is 1020. The summed E-state index contributed by atoms with van der Waals surface area (Å²) in [6.07, 6.45) is 8.03. The van der Waals surface area contributed by atoms with E-state index in [0.29, 0.717) is 13.0 Å². The lowest BCUT2D eigenvalue weighted by atomic mass is 10.1. The van der Waals surface area contributed by atoms with Crippen LogP contribution in [0.25, 0.3) is 10.9 Å². The Morgan fingerprint density at radius 2 is 2.00 bits per heavy atom. The summed E-state index contributed by atoms with van der Waals surface area (Å²) in [6, 6.07) is 7.09. The maximum absolute atomic E-state index is 13.2. The largest absolute Gasteiger partial charge is 0.359 e. The number of nitrogens with zero attached hydrogens (tertiary/aromatic N) is 4. The van der Waals surface area contributed by atoms with Gasteiger partial charge >= 0.3 is 0 Å². The van der Waals surface area contributed by atoms with Crippen molar-refractivity contribution in [3.8, 4) is 6.19 Å². The number of likely N-dealkylation sites (tertiary alicyclic amines) is 2. The molecule has 3 heterocycles. The molecular weight excluding hydrogens is 394 g/mol. The number of nitriles is 1. The van der Waals surface area contributed by atoms with Gasteiger partial charge in [0.05, 0.1) is 17.7 Å². The van der Waals surface area contributed by atoms with Gasteiger partial charge in [0.2, 0.25) is 17.8 Å². The fraction of sp³-hybridized carbons (Fsp3) is 0.455. The SMILES string of the molecule is N#CNC(=NC1CCCCN(CC(=O)N2CCCC2)C1=O)Nc1cccc2cc[nH]c12. The molecule has 0 saturated carbocycles. The lowest BCUT2D eigenvalue weighted by molar-refractivity contribution is -0.140. The van der Waals surface area contributed by atoms with Crippen LogP contribution in [0.2, 0.25) is 0 Å². The van der Waals surface area contributed by atoms with Crippen LogP contribution in [0, 0.1) is 11.5 Å². The molecule has 9 heteroatoms. The summed E-state index contributed by atoms with van der Waals surface area (Å²) in [5, 5.41) is 15.9. The Morgan fingerprint density at radius 1 is 1.19 bits per heavy atom. The van der Waals surface area contributed by atoms with Crippen LogP contribution >= 0.6 is 0 Å². The maximum Gasteiger partial charge on any atom is 0.247 e.